The fourth-order valence-corrected chi connectivity index (χ4v) is 1.34. The first kappa shape index (κ1) is 11.5. The Labute approximate surface area is 87.3 Å². The first-order valence-corrected chi connectivity index (χ1v) is 4.47. The lowest BCUT2D eigenvalue weighted by Crippen LogP contribution is -2.33. The zero-order chi connectivity index (χ0) is 11.4. The minimum atomic E-state index is -1.60. The molecule has 0 unspecified atom stereocenters. The molecule has 0 spiro atoms. The highest BCUT2D eigenvalue weighted by atomic mass is 16.4. The van der Waals surface area contributed by atoms with Crippen LogP contribution in [0.25, 0.3) is 0 Å². The molecule has 0 heterocycles. The van der Waals surface area contributed by atoms with Gasteiger partial charge in [-0.2, -0.15) is 0 Å². The summed E-state index contributed by atoms with van der Waals surface area (Å²) < 4.78 is 0. The molecule has 0 atom stereocenters. The van der Waals surface area contributed by atoms with E-state index in [9.17, 15) is 4.79 Å². The van der Waals surface area contributed by atoms with Gasteiger partial charge in [-0.1, -0.05) is 6.07 Å². The number of nitrogens with two attached hydrogens (primary N) is 1. The Morgan fingerprint density at radius 3 is 2.60 bits per heavy atom. The lowest BCUT2D eigenvalue weighted by Gasteiger charge is -2.08. The summed E-state index contributed by atoms with van der Waals surface area (Å²) in [6.45, 7) is 0. The van der Waals surface area contributed by atoms with Crippen LogP contribution >= 0.6 is 0 Å². The van der Waals surface area contributed by atoms with Crippen LogP contribution in [0.2, 0.25) is 0 Å². The van der Waals surface area contributed by atoms with Gasteiger partial charge in [0.25, 0.3) is 0 Å². The van der Waals surface area contributed by atoms with E-state index in [1.165, 1.54) is 6.07 Å². The molecule has 0 amide bonds. The molecule has 0 radical (unpaired) electrons. The summed E-state index contributed by atoms with van der Waals surface area (Å²) >= 11 is 0. The lowest BCUT2D eigenvalue weighted by molar-refractivity contribution is -0.136. The Bertz CT molecular complexity index is 367. The Hall–Kier alpha value is -1.53. The van der Waals surface area contributed by atoms with Crippen LogP contribution in [-0.2, 0) is 11.2 Å². The van der Waals surface area contributed by atoms with Crippen molar-refractivity contribution < 1.29 is 19.9 Å². The molecule has 0 bridgehead atoms. The molecule has 80 valence electrons. The van der Waals surface area contributed by atoms with Crippen LogP contribution in [0, 0.1) is 0 Å². The van der Waals surface area contributed by atoms with Crippen molar-refractivity contribution in [2.45, 2.75) is 12.8 Å². The van der Waals surface area contributed by atoms with Crippen molar-refractivity contribution in [1.82, 2.24) is 0 Å². The third-order valence-corrected chi connectivity index (χ3v) is 2.05. The number of carboxylic acids is 1. The molecule has 1 aromatic carbocycles. The molecule has 5 nitrogen and oxygen atoms in total. The number of benzene rings is 1. The second-order valence-corrected chi connectivity index (χ2v) is 3.23. The van der Waals surface area contributed by atoms with E-state index in [4.69, 9.17) is 20.9 Å². The number of rotatable bonds is 4. The first-order chi connectivity index (χ1) is 7.00. The van der Waals surface area contributed by atoms with Gasteiger partial charge in [0.15, 0.2) is 0 Å². The summed E-state index contributed by atoms with van der Waals surface area (Å²) in [5.41, 5.74) is 6.84. The van der Waals surface area contributed by atoms with Crippen molar-refractivity contribution in [3.05, 3.63) is 23.8 Å². The molecule has 0 aliphatic carbocycles. The molecule has 1 rings (SSSR count). The molecule has 15 heavy (non-hydrogen) atoms. The van der Waals surface area contributed by atoms with Gasteiger partial charge in [0.2, 0.25) is 0 Å². The third kappa shape index (κ3) is 3.27. The fourth-order valence-electron chi connectivity index (χ4n) is 1.34. The van der Waals surface area contributed by atoms with Crippen LogP contribution < -0.4 is 11.2 Å². The summed E-state index contributed by atoms with van der Waals surface area (Å²) in [6, 6.07) is 4.58. The second kappa shape index (κ2) is 4.81. The van der Waals surface area contributed by atoms with Gasteiger partial charge >= 0.3 is 13.1 Å². The molecule has 0 fully saturated rings. The maximum atomic E-state index is 10.4. The third-order valence-electron chi connectivity index (χ3n) is 2.05. The smallest absolute Gasteiger partial charge is 0.481 e. The average Bonchev–Trinajstić information content (AvgIpc) is 2.14. The number of hydrogen-bond acceptors (Lipinski definition) is 4. The molecule has 0 aliphatic heterocycles. The highest BCUT2D eigenvalue weighted by molar-refractivity contribution is 6.59. The van der Waals surface area contributed by atoms with Crippen molar-refractivity contribution in [3.63, 3.8) is 0 Å². The maximum Gasteiger partial charge on any atom is 0.488 e. The molecule has 5 N–H and O–H groups in total. The van der Waals surface area contributed by atoms with E-state index in [0.29, 0.717) is 16.7 Å². The van der Waals surface area contributed by atoms with Crippen LogP contribution in [0.15, 0.2) is 18.2 Å². The minimum absolute atomic E-state index is 0.0663. The SMILES string of the molecule is Nc1ccc(B(O)O)c(CCC(=O)O)c1. The molecule has 0 aromatic heterocycles. The van der Waals surface area contributed by atoms with Crippen LogP contribution in [-0.4, -0.2) is 28.2 Å². The van der Waals surface area contributed by atoms with Crippen molar-refractivity contribution in [2.24, 2.45) is 0 Å². The van der Waals surface area contributed by atoms with E-state index in [-0.39, 0.29) is 12.8 Å². The lowest BCUT2D eigenvalue weighted by atomic mass is 9.76. The van der Waals surface area contributed by atoms with Gasteiger partial charge in [-0.15, -0.1) is 0 Å². The number of aryl methyl sites for hydroxylation is 1. The Morgan fingerprint density at radius 1 is 1.40 bits per heavy atom. The van der Waals surface area contributed by atoms with E-state index >= 15 is 0 Å². The van der Waals surface area contributed by atoms with Crippen molar-refractivity contribution in [1.29, 1.82) is 0 Å². The normalized spacial score (nSPS) is 10.0. The highest BCUT2D eigenvalue weighted by Gasteiger charge is 2.16. The summed E-state index contributed by atoms with van der Waals surface area (Å²) in [7, 11) is -1.60. The largest absolute Gasteiger partial charge is 0.488 e. The molecule has 1 aromatic rings. The zero-order valence-corrected chi connectivity index (χ0v) is 8.05. The standard InChI is InChI=1S/C9H12BNO4/c11-7-2-3-8(10(14)15)6(5-7)1-4-9(12)13/h2-3,5,14-15H,1,4,11H2,(H,12,13). The first-order valence-electron chi connectivity index (χ1n) is 4.47. The van der Waals surface area contributed by atoms with E-state index in [1.807, 2.05) is 0 Å². The van der Waals surface area contributed by atoms with Gasteiger partial charge < -0.3 is 20.9 Å². The monoisotopic (exact) mass is 209 g/mol. The van der Waals surface area contributed by atoms with E-state index in [0.717, 1.165) is 0 Å². The Morgan fingerprint density at radius 2 is 2.07 bits per heavy atom. The van der Waals surface area contributed by atoms with Crippen LogP contribution in [0.1, 0.15) is 12.0 Å². The predicted molar refractivity (Wildman–Crippen MR) is 56.6 cm³/mol. The predicted octanol–water partition coefficient (Wildman–Crippen LogP) is -1.03. The van der Waals surface area contributed by atoms with Crippen LogP contribution in [0.3, 0.4) is 0 Å². The molecule has 0 saturated heterocycles. The molecule has 0 aliphatic rings. The van der Waals surface area contributed by atoms with E-state index in [1.54, 1.807) is 12.1 Å². The topological polar surface area (TPSA) is 104 Å². The Kier molecular flexibility index (Phi) is 3.71. The number of aliphatic carboxylic acids is 1. The van der Waals surface area contributed by atoms with Crippen LogP contribution in [0.4, 0.5) is 5.69 Å². The second-order valence-electron chi connectivity index (χ2n) is 3.23. The van der Waals surface area contributed by atoms with Crippen LogP contribution in [0.5, 0.6) is 0 Å². The minimum Gasteiger partial charge on any atom is -0.481 e. The summed E-state index contributed by atoms with van der Waals surface area (Å²) in [4.78, 5) is 10.4. The van der Waals surface area contributed by atoms with Gasteiger partial charge in [0.1, 0.15) is 0 Å². The number of anilines is 1. The van der Waals surface area contributed by atoms with Crippen molar-refractivity contribution in [2.75, 3.05) is 5.73 Å². The Balaban J connectivity index is 2.91. The maximum absolute atomic E-state index is 10.4. The van der Waals surface area contributed by atoms with E-state index in [2.05, 4.69) is 0 Å². The number of nitrogen functional groups attached to an aromatic ring is 1. The summed E-state index contributed by atoms with van der Waals surface area (Å²) in [5, 5.41) is 26.6. The van der Waals surface area contributed by atoms with Crippen molar-refractivity contribution in [3.8, 4) is 0 Å². The molecule has 0 saturated carbocycles. The summed E-state index contributed by atoms with van der Waals surface area (Å²) in [5.74, 6) is -0.934. The zero-order valence-electron chi connectivity index (χ0n) is 8.05. The van der Waals surface area contributed by atoms with Gasteiger partial charge in [0, 0.05) is 12.1 Å². The van der Waals surface area contributed by atoms with E-state index < -0.39 is 13.1 Å². The number of hydrogen-bond donors (Lipinski definition) is 4. The molecule has 6 heteroatoms. The molecular formula is C9H12BNO4. The van der Waals surface area contributed by atoms with Gasteiger partial charge in [0.05, 0.1) is 0 Å². The summed E-state index contributed by atoms with van der Waals surface area (Å²) in [6.07, 6.45) is 0.163. The molecular weight excluding hydrogens is 197 g/mol. The quantitative estimate of drug-likeness (QED) is 0.374. The van der Waals surface area contributed by atoms with Gasteiger partial charge in [-0.3, -0.25) is 4.79 Å². The van der Waals surface area contributed by atoms with Crippen molar-refractivity contribution >= 4 is 24.2 Å². The average molecular weight is 209 g/mol. The fraction of sp³-hybridized carbons (Fsp3) is 0.222. The highest BCUT2D eigenvalue weighted by Crippen LogP contribution is 2.07. The number of carboxylic acid groups (broad SMARTS) is 1. The van der Waals surface area contributed by atoms with Gasteiger partial charge in [-0.25, -0.2) is 0 Å². The van der Waals surface area contributed by atoms with Gasteiger partial charge in [-0.05, 0) is 29.6 Å². The number of carbonyl (C=O) groups is 1.